The lowest BCUT2D eigenvalue weighted by Crippen LogP contribution is -2.49. The topological polar surface area (TPSA) is 75.2 Å². The van der Waals surface area contributed by atoms with Gasteiger partial charge in [-0.25, -0.2) is 23.1 Å². The number of halogens is 7. The number of hydrogen-bond acceptors (Lipinski definition) is 5. The molecule has 2 aromatic rings. The molecular formula is C21H19ClF6N4O2S. The summed E-state index contributed by atoms with van der Waals surface area (Å²) in [6.45, 7) is 0. The number of carbonyl (C=O) groups excluding carboxylic acids is 2. The molecule has 1 fully saturated rings. The SMILES string of the molecule is O=C(NC1CCC(F)(F)CC1)[C@@H](c1cncnc1)N(C(=O)[C@H](F)Cl)c1ccc(SC(F)(F)F)cc1. The molecule has 0 aliphatic heterocycles. The molecule has 0 spiro atoms. The molecule has 14 heteroatoms. The van der Waals surface area contributed by atoms with Crippen molar-refractivity contribution in [3.63, 3.8) is 0 Å². The normalized spacial score (nSPS) is 17.9. The molecule has 1 aliphatic carbocycles. The molecule has 0 unspecified atom stereocenters. The molecule has 3 rings (SSSR count). The Kier molecular flexibility index (Phi) is 8.52. The largest absolute Gasteiger partial charge is 0.446 e. The Labute approximate surface area is 205 Å². The fraction of sp³-hybridized carbons (Fsp3) is 0.429. The van der Waals surface area contributed by atoms with Gasteiger partial charge in [-0.05, 0) is 48.9 Å². The lowest BCUT2D eigenvalue weighted by Gasteiger charge is -2.34. The Balaban J connectivity index is 1.96. The third-order valence-corrected chi connectivity index (χ3v) is 6.16. The Morgan fingerprint density at radius 3 is 2.20 bits per heavy atom. The monoisotopic (exact) mass is 540 g/mol. The average molecular weight is 541 g/mol. The van der Waals surface area contributed by atoms with E-state index in [1.807, 2.05) is 0 Å². The van der Waals surface area contributed by atoms with Gasteiger partial charge in [0.05, 0.1) is 0 Å². The van der Waals surface area contributed by atoms with Crippen LogP contribution in [-0.2, 0) is 9.59 Å². The fourth-order valence-electron chi connectivity index (χ4n) is 3.65. The maximum Gasteiger partial charge on any atom is 0.446 e. The highest BCUT2D eigenvalue weighted by Gasteiger charge is 2.40. The average Bonchev–Trinajstić information content (AvgIpc) is 2.78. The minimum Gasteiger partial charge on any atom is -0.351 e. The highest BCUT2D eigenvalue weighted by Crippen LogP contribution is 2.39. The predicted molar refractivity (Wildman–Crippen MR) is 117 cm³/mol. The molecule has 1 saturated carbocycles. The number of amides is 2. The van der Waals surface area contributed by atoms with E-state index in [1.165, 1.54) is 12.4 Å². The maximum absolute atomic E-state index is 14.0. The minimum atomic E-state index is -4.56. The van der Waals surface area contributed by atoms with Crippen molar-refractivity contribution in [3.8, 4) is 0 Å². The van der Waals surface area contributed by atoms with Gasteiger partial charge < -0.3 is 5.32 Å². The molecule has 2 atom stereocenters. The van der Waals surface area contributed by atoms with Crippen LogP contribution in [0.2, 0.25) is 0 Å². The Hall–Kier alpha value is -2.54. The molecule has 1 aromatic heterocycles. The van der Waals surface area contributed by atoms with E-state index in [9.17, 15) is 35.9 Å². The first-order valence-electron chi connectivity index (χ1n) is 10.3. The van der Waals surface area contributed by atoms with Gasteiger partial charge in [0.25, 0.3) is 11.5 Å². The molecule has 35 heavy (non-hydrogen) atoms. The first-order chi connectivity index (χ1) is 16.4. The van der Waals surface area contributed by atoms with Crippen molar-refractivity contribution in [1.82, 2.24) is 15.3 Å². The summed E-state index contributed by atoms with van der Waals surface area (Å²) < 4.78 is 79.0. The van der Waals surface area contributed by atoms with Crippen LogP contribution in [0.1, 0.15) is 37.3 Å². The number of carbonyl (C=O) groups is 2. The van der Waals surface area contributed by atoms with Crippen molar-refractivity contribution in [2.24, 2.45) is 0 Å². The number of anilines is 1. The van der Waals surface area contributed by atoms with Gasteiger partial charge in [0.2, 0.25) is 11.8 Å². The molecule has 2 amide bonds. The van der Waals surface area contributed by atoms with Crippen LogP contribution in [0.15, 0.2) is 47.9 Å². The van der Waals surface area contributed by atoms with Crippen LogP contribution >= 0.6 is 23.4 Å². The number of benzene rings is 1. The molecule has 1 N–H and O–H groups in total. The van der Waals surface area contributed by atoms with Crippen LogP contribution in [0.25, 0.3) is 0 Å². The second-order valence-electron chi connectivity index (χ2n) is 7.76. The second-order valence-corrected chi connectivity index (χ2v) is 9.29. The number of thioether (sulfide) groups is 1. The molecule has 0 bridgehead atoms. The Morgan fingerprint density at radius 1 is 1.11 bits per heavy atom. The van der Waals surface area contributed by atoms with Crippen molar-refractivity contribution in [1.29, 1.82) is 0 Å². The number of nitrogens with zero attached hydrogens (tertiary/aromatic N) is 3. The first-order valence-corrected chi connectivity index (χ1v) is 11.5. The first kappa shape index (κ1) is 27.1. The lowest BCUT2D eigenvalue weighted by atomic mass is 9.92. The van der Waals surface area contributed by atoms with Crippen molar-refractivity contribution < 1.29 is 35.9 Å². The summed E-state index contributed by atoms with van der Waals surface area (Å²) in [7, 11) is 0. The summed E-state index contributed by atoms with van der Waals surface area (Å²) >= 11 is 5.00. The van der Waals surface area contributed by atoms with Gasteiger partial charge in [0.1, 0.15) is 12.4 Å². The van der Waals surface area contributed by atoms with E-state index in [-0.39, 0.29) is 29.0 Å². The molecule has 1 aliphatic rings. The smallest absolute Gasteiger partial charge is 0.351 e. The van der Waals surface area contributed by atoms with Crippen LogP contribution in [-0.4, -0.2) is 44.9 Å². The van der Waals surface area contributed by atoms with Gasteiger partial charge in [-0.3, -0.25) is 14.5 Å². The summed E-state index contributed by atoms with van der Waals surface area (Å²) in [5.74, 6) is -5.04. The number of hydrogen-bond donors (Lipinski definition) is 1. The summed E-state index contributed by atoms with van der Waals surface area (Å²) in [5, 5.41) is 2.60. The predicted octanol–water partition coefficient (Wildman–Crippen LogP) is 5.39. The van der Waals surface area contributed by atoms with Gasteiger partial charge in [-0.2, -0.15) is 13.2 Å². The van der Waals surface area contributed by atoms with Gasteiger partial charge in [0.15, 0.2) is 0 Å². The molecule has 6 nitrogen and oxygen atoms in total. The van der Waals surface area contributed by atoms with Crippen molar-refractivity contribution in [2.75, 3.05) is 4.90 Å². The standard InChI is InChI=1S/C21H19ClF6N4O2S/c22-17(23)19(34)32(14-1-3-15(4-2-14)35-21(26,27)28)16(12-9-29-11-30-10-12)18(33)31-13-5-7-20(24,25)8-6-13/h1-4,9-11,13,16-17H,5-8H2,(H,31,33)/t16-,17+/m1/s1. The van der Waals surface area contributed by atoms with Crippen molar-refractivity contribution >= 4 is 40.9 Å². The fourth-order valence-corrected chi connectivity index (χ4v) is 4.30. The lowest BCUT2D eigenvalue weighted by molar-refractivity contribution is -0.128. The molecule has 1 heterocycles. The molecule has 1 aromatic carbocycles. The van der Waals surface area contributed by atoms with Crippen LogP contribution in [0.3, 0.4) is 0 Å². The zero-order valence-electron chi connectivity index (χ0n) is 17.8. The Morgan fingerprint density at radius 2 is 1.69 bits per heavy atom. The zero-order valence-corrected chi connectivity index (χ0v) is 19.4. The summed E-state index contributed by atoms with van der Waals surface area (Å²) in [6.07, 6.45) is 2.63. The van der Waals surface area contributed by atoms with Crippen LogP contribution < -0.4 is 10.2 Å². The number of alkyl halides is 7. The van der Waals surface area contributed by atoms with Crippen molar-refractivity contribution in [2.45, 2.75) is 59.7 Å². The van der Waals surface area contributed by atoms with E-state index in [4.69, 9.17) is 11.6 Å². The third-order valence-electron chi connectivity index (χ3n) is 5.24. The van der Waals surface area contributed by atoms with E-state index >= 15 is 0 Å². The van der Waals surface area contributed by atoms with Gasteiger partial charge >= 0.3 is 5.51 Å². The number of rotatable bonds is 7. The Bertz CT molecular complexity index is 1020. The van der Waals surface area contributed by atoms with E-state index < -0.39 is 65.6 Å². The summed E-state index contributed by atoms with van der Waals surface area (Å²) in [4.78, 5) is 34.2. The molecule has 0 radical (unpaired) electrons. The highest BCUT2D eigenvalue weighted by molar-refractivity contribution is 8.00. The van der Waals surface area contributed by atoms with Gasteiger partial charge in [-0.15, -0.1) is 0 Å². The van der Waals surface area contributed by atoms with Crippen LogP contribution in [0.4, 0.5) is 32.0 Å². The van der Waals surface area contributed by atoms with Crippen LogP contribution in [0, 0.1) is 0 Å². The van der Waals surface area contributed by atoms with Gasteiger partial charge in [-0.1, -0.05) is 11.6 Å². The summed E-state index contributed by atoms with van der Waals surface area (Å²) in [6, 6.07) is 2.11. The zero-order chi connectivity index (χ0) is 25.8. The maximum atomic E-state index is 14.0. The minimum absolute atomic E-state index is 0.0186. The summed E-state index contributed by atoms with van der Waals surface area (Å²) in [5.41, 5.74) is -7.22. The third kappa shape index (κ3) is 7.47. The molecule has 0 saturated heterocycles. The van der Waals surface area contributed by atoms with E-state index in [2.05, 4.69) is 15.3 Å². The quantitative estimate of drug-likeness (QED) is 0.289. The van der Waals surface area contributed by atoms with Crippen molar-refractivity contribution in [3.05, 3.63) is 48.5 Å². The second kappa shape index (κ2) is 11.0. The van der Waals surface area contributed by atoms with Crippen LogP contribution in [0.5, 0.6) is 0 Å². The molecular weight excluding hydrogens is 522 g/mol. The highest BCUT2D eigenvalue weighted by atomic mass is 35.5. The van der Waals surface area contributed by atoms with E-state index in [1.54, 1.807) is 0 Å². The molecule has 190 valence electrons. The van der Waals surface area contributed by atoms with E-state index in [0.717, 1.165) is 30.6 Å². The number of aromatic nitrogens is 2. The number of nitrogens with one attached hydrogen (secondary N) is 1. The van der Waals surface area contributed by atoms with E-state index in [0.29, 0.717) is 4.90 Å². The van der Waals surface area contributed by atoms with Gasteiger partial charge in [0, 0.05) is 47.4 Å².